The van der Waals surface area contributed by atoms with Crippen LogP contribution in [-0.2, 0) is 0 Å². The first-order chi connectivity index (χ1) is 9.04. The zero-order chi connectivity index (χ0) is 13.8. The Hall–Kier alpha value is -1.57. The highest BCUT2D eigenvalue weighted by Crippen LogP contribution is 2.20. The third-order valence-corrected chi connectivity index (χ3v) is 3.08. The molecule has 0 amide bonds. The molecule has 0 atom stereocenters. The lowest BCUT2D eigenvalue weighted by Crippen LogP contribution is -1.93. The molecule has 0 saturated heterocycles. The van der Waals surface area contributed by atoms with E-state index in [0.717, 1.165) is 11.1 Å². The van der Waals surface area contributed by atoms with E-state index in [1.165, 1.54) is 6.08 Å². The third-order valence-electron chi connectivity index (χ3n) is 2.65. The van der Waals surface area contributed by atoms with Gasteiger partial charge in [0.05, 0.1) is 0 Å². The van der Waals surface area contributed by atoms with Crippen molar-refractivity contribution in [3.05, 3.63) is 75.3 Å². The van der Waals surface area contributed by atoms with Crippen molar-refractivity contribution in [1.82, 2.24) is 0 Å². The van der Waals surface area contributed by atoms with Gasteiger partial charge in [0.1, 0.15) is 0 Å². The van der Waals surface area contributed by atoms with Gasteiger partial charge in [0, 0.05) is 15.6 Å². The number of aryl methyl sites for hydroxylation is 1. The van der Waals surface area contributed by atoms with Crippen molar-refractivity contribution in [2.24, 2.45) is 0 Å². The quantitative estimate of drug-likeness (QED) is 0.561. The number of carbonyl (C=O) groups is 1. The Kier molecular flexibility index (Phi) is 4.41. The minimum Gasteiger partial charge on any atom is -0.289 e. The Morgan fingerprint density at radius 1 is 1.00 bits per heavy atom. The molecule has 2 aromatic rings. The third kappa shape index (κ3) is 3.95. The number of rotatable bonds is 3. The van der Waals surface area contributed by atoms with Gasteiger partial charge in [-0.15, -0.1) is 0 Å². The van der Waals surface area contributed by atoms with Crippen molar-refractivity contribution in [3.8, 4) is 0 Å². The molecule has 2 aromatic carbocycles. The molecule has 96 valence electrons. The Morgan fingerprint density at radius 2 is 1.58 bits per heavy atom. The molecule has 0 aromatic heterocycles. The number of carbonyl (C=O) groups excluding carboxylic acids is 1. The average Bonchev–Trinajstić information content (AvgIpc) is 2.36. The molecule has 0 unspecified atom stereocenters. The molecular weight excluding hydrogens is 279 g/mol. The maximum atomic E-state index is 11.9. The molecule has 0 spiro atoms. The first kappa shape index (κ1) is 13.9. The van der Waals surface area contributed by atoms with Crippen LogP contribution >= 0.6 is 23.2 Å². The Morgan fingerprint density at radius 3 is 2.16 bits per heavy atom. The van der Waals surface area contributed by atoms with Gasteiger partial charge in [-0.3, -0.25) is 4.79 Å². The van der Waals surface area contributed by atoms with Gasteiger partial charge in [-0.05, 0) is 36.8 Å². The Labute approximate surface area is 122 Å². The number of benzene rings is 2. The van der Waals surface area contributed by atoms with Gasteiger partial charge in [0.15, 0.2) is 5.78 Å². The zero-order valence-electron chi connectivity index (χ0n) is 10.4. The summed E-state index contributed by atoms with van der Waals surface area (Å²) in [5.41, 5.74) is 2.59. The first-order valence-corrected chi connectivity index (χ1v) is 6.55. The van der Waals surface area contributed by atoms with Crippen LogP contribution in [-0.4, -0.2) is 5.78 Å². The van der Waals surface area contributed by atoms with Gasteiger partial charge in [-0.2, -0.15) is 0 Å². The fraction of sp³-hybridized carbons (Fsp3) is 0.0625. The van der Waals surface area contributed by atoms with Crippen molar-refractivity contribution in [3.63, 3.8) is 0 Å². The summed E-state index contributed by atoms with van der Waals surface area (Å²) in [7, 11) is 0. The second kappa shape index (κ2) is 6.05. The van der Waals surface area contributed by atoms with E-state index < -0.39 is 0 Å². The minimum atomic E-state index is -0.0453. The smallest absolute Gasteiger partial charge is 0.185 e. The fourth-order valence-corrected chi connectivity index (χ4v) is 2.20. The van der Waals surface area contributed by atoms with Crippen molar-refractivity contribution in [1.29, 1.82) is 0 Å². The fourth-order valence-electron chi connectivity index (χ4n) is 1.66. The van der Waals surface area contributed by atoms with Gasteiger partial charge >= 0.3 is 0 Å². The predicted molar refractivity (Wildman–Crippen MR) is 81.0 cm³/mol. The summed E-state index contributed by atoms with van der Waals surface area (Å²) < 4.78 is 0. The van der Waals surface area contributed by atoms with Crippen LogP contribution in [0.15, 0.2) is 48.5 Å². The maximum absolute atomic E-state index is 11.9. The van der Waals surface area contributed by atoms with E-state index in [0.29, 0.717) is 15.6 Å². The SMILES string of the molecule is Cc1ccc(C(=O)/C=C/c2cc(Cl)cc(Cl)c2)cc1. The van der Waals surface area contributed by atoms with Crippen LogP contribution in [0.25, 0.3) is 6.08 Å². The van der Waals surface area contributed by atoms with Crippen molar-refractivity contribution in [2.45, 2.75) is 6.92 Å². The molecule has 0 saturated carbocycles. The number of allylic oxidation sites excluding steroid dienone is 1. The summed E-state index contributed by atoms with van der Waals surface area (Å²) in [5.74, 6) is -0.0453. The number of ketones is 1. The van der Waals surface area contributed by atoms with Gasteiger partial charge in [0.2, 0.25) is 0 Å². The number of halogens is 2. The molecule has 1 nitrogen and oxygen atoms in total. The highest BCUT2D eigenvalue weighted by Gasteiger charge is 2.01. The van der Waals surface area contributed by atoms with Crippen LogP contribution in [0, 0.1) is 6.92 Å². The molecule has 0 heterocycles. The Bertz CT molecular complexity index is 607. The highest BCUT2D eigenvalue weighted by atomic mass is 35.5. The van der Waals surface area contributed by atoms with Crippen molar-refractivity contribution < 1.29 is 4.79 Å². The van der Waals surface area contributed by atoms with Gasteiger partial charge in [-0.1, -0.05) is 59.1 Å². The van der Waals surface area contributed by atoms with Crippen molar-refractivity contribution >= 4 is 35.1 Å². The highest BCUT2D eigenvalue weighted by molar-refractivity contribution is 6.34. The lowest BCUT2D eigenvalue weighted by Gasteiger charge is -1.98. The molecule has 19 heavy (non-hydrogen) atoms. The zero-order valence-corrected chi connectivity index (χ0v) is 11.9. The second-order valence-electron chi connectivity index (χ2n) is 4.27. The molecule has 0 aliphatic rings. The lowest BCUT2D eigenvalue weighted by atomic mass is 10.1. The summed E-state index contributed by atoms with van der Waals surface area (Å²) in [4.78, 5) is 11.9. The summed E-state index contributed by atoms with van der Waals surface area (Å²) in [6, 6.07) is 12.6. The molecule has 0 bridgehead atoms. The molecule has 0 radical (unpaired) electrons. The topological polar surface area (TPSA) is 17.1 Å². The van der Waals surface area contributed by atoms with Gasteiger partial charge in [0.25, 0.3) is 0 Å². The number of hydrogen-bond acceptors (Lipinski definition) is 1. The maximum Gasteiger partial charge on any atom is 0.185 e. The van der Waals surface area contributed by atoms with Crippen LogP contribution < -0.4 is 0 Å². The standard InChI is InChI=1S/C16H12Cl2O/c1-11-2-5-13(6-3-11)16(19)7-4-12-8-14(17)10-15(18)9-12/h2-10H,1H3/b7-4+. The molecular formula is C16H12Cl2O. The minimum absolute atomic E-state index is 0.0453. The normalized spacial score (nSPS) is 10.9. The molecule has 0 aliphatic carbocycles. The van der Waals surface area contributed by atoms with Crippen LogP contribution in [0.1, 0.15) is 21.5 Å². The van der Waals surface area contributed by atoms with E-state index in [-0.39, 0.29) is 5.78 Å². The summed E-state index contributed by atoms with van der Waals surface area (Å²) in [6.07, 6.45) is 3.23. The predicted octanol–water partition coefficient (Wildman–Crippen LogP) is 5.20. The van der Waals surface area contributed by atoms with E-state index in [9.17, 15) is 4.79 Å². The first-order valence-electron chi connectivity index (χ1n) is 5.80. The Balaban J connectivity index is 2.18. The van der Waals surface area contributed by atoms with Crippen molar-refractivity contribution in [2.75, 3.05) is 0 Å². The van der Waals surface area contributed by atoms with Crippen LogP contribution in [0.5, 0.6) is 0 Å². The molecule has 0 N–H and O–H groups in total. The van der Waals surface area contributed by atoms with E-state index in [2.05, 4.69) is 0 Å². The molecule has 0 fully saturated rings. The largest absolute Gasteiger partial charge is 0.289 e. The number of hydrogen-bond donors (Lipinski definition) is 0. The molecule has 3 heteroatoms. The summed E-state index contributed by atoms with van der Waals surface area (Å²) in [6.45, 7) is 1.98. The van der Waals surface area contributed by atoms with E-state index >= 15 is 0 Å². The van der Waals surface area contributed by atoms with Crippen LogP contribution in [0.4, 0.5) is 0 Å². The van der Waals surface area contributed by atoms with E-state index in [1.54, 1.807) is 24.3 Å². The van der Waals surface area contributed by atoms with E-state index in [4.69, 9.17) is 23.2 Å². The molecule has 2 rings (SSSR count). The second-order valence-corrected chi connectivity index (χ2v) is 5.14. The van der Waals surface area contributed by atoms with Gasteiger partial charge < -0.3 is 0 Å². The average molecular weight is 291 g/mol. The summed E-state index contributed by atoms with van der Waals surface area (Å²) >= 11 is 11.8. The summed E-state index contributed by atoms with van der Waals surface area (Å²) in [5, 5.41) is 1.10. The monoisotopic (exact) mass is 290 g/mol. The lowest BCUT2D eigenvalue weighted by molar-refractivity contribution is 0.104. The molecule has 0 aliphatic heterocycles. The van der Waals surface area contributed by atoms with Crippen LogP contribution in [0.3, 0.4) is 0 Å². The van der Waals surface area contributed by atoms with Gasteiger partial charge in [-0.25, -0.2) is 0 Å². The van der Waals surface area contributed by atoms with E-state index in [1.807, 2.05) is 31.2 Å². The van der Waals surface area contributed by atoms with Crippen LogP contribution in [0.2, 0.25) is 10.0 Å².